The molecule has 0 aliphatic heterocycles. The van der Waals surface area contributed by atoms with Gasteiger partial charge in [0, 0.05) is 11.6 Å². The van der Waals surface area contributed by atoms with Gasteiger partial charge >= 0.3 is 0 Å². The molecule has 3 aliphatic carbocycles. The first-order chi connectivity index (χ1) is 11.2. The predicted octanol–water partition coefficient (Wildman–Crippen LogP) is 5.30. The summed E-state index contributed by atoms with van der Waals surface area (Å²) in [4.78, 5) is 0. The van der Waals surface area contributed by atoms with Crippen LogP contribution in [0.2, 0.25) is 0 Å². The fourth-order valence-electron chi connectivity index (χ4n) is 5.90. The largest absolute Gasteiger partial charge is 0.507 e. The maximum atomic E-state index is 11.2. The van der Waals surface area contributed by atoms with Gasteiger partial charge < -0.3 is 10.4 Å². The summed E-state index contributed by atoms with van der Waals surface area (Å²) in [5.74, 6) is 2.58. The van der Waals surface area contributed by atoms with Crippen molar-refractivity contribution < 1.29 is 5.11 Å². The number of rotatable bonds is 2. The number of phenolic OH excluding ortho intramolecular Hbond substituents is 1. The molecule has 4 rings (SSSR count). The number of hydrogen-bond donors (Lipinski definition) is 2. The molecule has 23 heavy (non-hydrogen) atoms. The van der Waals surface area contributed by atoms with Crippen LogP contribution in [0.1, 0.15) is 97.9 Å². The van der Waals surface area contributed by atoms with E-state index in [1.807, 2.05) is 0 Å². The van der Waals surface area contributed by atoms with Crippen LogP contribution in [0.5, 0.6) is 5.75 Å². The number of phenols is 1. The van der Waals surface area contributed by atoms with Gasteiger partial charge in [0.1, 0.15) is 5.75 Å². The molecule has 0 spiro atoms. The third-order valence-electron chi connectivity index (χ3n) is 6.90. The van der Waals surface area contributed by atoms with E-state index in [4.69, 9.17) is 0 Å². The molecule has 0 bridgehead atoms. The van der Waals surface area contributed by atoms with Gasteiger partial charge in [-0.25, -0.2) is 0 Å². The quantitative estimate of drug-likeness (QED) is 0.777. The summed E-state index contributed by atoms with van der Waals surface area (Å²) in [5, 5.41) is 14.8. The first-order valence-corrected chi connectivity index (χ1v) is 9.76. The summed E-state index contributed by atoms with van der Waals surface area (Å²) in [7, 11) is 2.08. The van der Waals surface area contributed by atoms with Gasteiger partial charge in [0.2, 0.25) is 0 Å². The molecule has 0 aromatic heterocycles. The van der Waals surface area contributed by atoms with Crippen molar-refractivity contribution in [2.24, 2.45) is 5.92 Å². The van der Waals surface area contributed by atoms with Crippen LogP contribution in [-0.4, -0.2) is 12.2 Å². The van der Waals surface area contributed by atoms with Crippen molar-refractivity contribution in [3.8, 4) is 5.75 Å². The maximum Gasteiger partial charge on any atom is 0.124 e. The van der Waals surface area contributed by atoms with Crippen LogP contribution in [0.15, 0.2) is 6.07 Å². The number of nitrogens with one attached hydrogen (secondary N) is 1. The Labute approximate surface area is 140 Å². The van der Waals surface area contributed by atoms with Gasteiger partial charge in [-0.3, -0.25) is 0 Å². The molecule has 3 aliphatic rings. The fraction of sp³-hybridized carbons (Fsp3) is 0.714. The minimum atomic E-state index is 0.359. The van der Waals surface area contributed by atoms with Gasteiger partial charge in [0.15, 0.2) is 0 Å². The Kier molecular flexibility index (Phi) is 4.13. The summed E-state index contributed by atoms with van der Waals surface area (Å²) in [6, 6.07) is 2.70. The van der Waals surface area contributed by atoms with Gasteiger partial charge in [0.05, 0.1) is 0 Å². The van der Waals surface area contributed by atoms with Crippen LogP contribution < -0.4 is 5.32 Å². The van der Waals surface area contributed by atoms with Crippen molar-refractivity contribution in [1.29, 1.82) is 0 Å². The lowest BCUT2D eigenvalue weighted by Crippen LogP contribution is -2.25. The number of aromatic hydroxyl groups is 1. The molecule has 1 aromatic rings. The van der Waals surface area contributed by atoms with Crippen LogP contribution in [0.3, 0.4) is 0 Å². The highest BCUT2D eigenvalue weighted by Crippen LogP contribution is 2.57. The SMILES string of the molecule is CNC1c2c(O)c(C3CCCCC3)cc(C)c2C2CCCCC21. The Morgan fingerprint density at radius 3 is 2.39 bits per heavy atom. The number of aryl methyl sites for hydroxylation is 1. The summed E-state index contributed by atoms with van der Waals surface area (Å²) in [6.45, 7) is 2.29. The van der Waals surface area contributed by atoms with E-state index in [1.54, 1.807) is 0 Å². The van der Waals surface area contributed by atoms with Gasteiger partial charge in [-0.1, -0.05) is 38.2 Å². The maximum absolute atomic E-state index is 11.2. The summed E-state index contributed by atoms with van der Waals surface area (Å²) < 4.78 is 0. The fourth-order valence-corrected chi connectivity index (χ4v) is 5.90. The molecule has 2 heteroatoms. The standard InChI is InChI=1S/C21H31NO/c1-13-12-17(14-8-4-3-5-9-14)21(23)19-18(13)15-10-6-7-11-16(15)20(19)22-2/h12,14-16,20,22-23H,3-11H2,1-2H3. The molecule has 2 saturated carbocycles. The number of fused-ring (bicyclic) bond motifs is 3. The van der Waals surface area contributed by atoms with E-state index in [0.717, 1.165) is 0 Å². The monoisotopic (exact) mass is 313 g/mol. The lowest BCUT2D eigenvalue weighted by Gasteiger charge is -2.29. The van der Waals surface area contributed by atoms with Crippen molar-refractivity contribution in [2.45, 2.75) is 82.6 Å². The Morgan fingerprint density at radius 1 is 0.957 bits per heavy atom. The molecule has 0 amide bonds. The summed E-state index contributed by atoms with van der Waals surface area (Å²) in [6.07, 6.45) is 11.8. The molecule has 0 saturated heterocycles. The highest BCUT2D eigenvalue weighted by atomic mass is 16.3. The Morgan fingerprint density at radius 2 is 1.65 bits per heavy atom. The van der Waals surface area contributed by atoms with Crippen LogP contribution in [0.4, 0.5) is 0 Å². The normalized spacial score (nSPS) is 31.0. The third-order valence-corrected chi connectivity index (χ3v) is 6.90. The van der Waals surface area contributed by atoms with E-state index >= 15 is 0 Å². The van der Waals surface area contributed by atoms with Gasteiger partial charge in [0.25, 0.3) is 0 Å². The first-order valence-electron chi connectivity index (χ1n) is 9.76. The second-order valence-corrected chi connectivity index (χ2v) is 8.11. The van der Waals surface area contributed by atoms with Gasteiger partial charge in [-0.2, -0.15) is 0 Å². The summed E-state index contributed by atoms with van der Waals surface area (Å²) >= 11 is 0. The molecule has 3 atom stereocenters. The molecule has 3 unspecified atom stereocenters. The van der Waals surface area contributed by atoms with Gasteiger partial charge in [-0.05, 0) is 74.1 Å². The Balaban J connectivity index is 1.81. The highest BCUT2D eigenvalue weighted by molar-refractivity contribution is 5.57. The van der Waals surface area contributed by atoms with Crippen molar-refractivity contribution in [2.75, 3.05) is 7.05 Å². The van der Waals surface area contributed by atoms with Crippen LogP contribution in [0, 0.1) is 12.8 Å². The zero-order chi connectivity index (χ0) is 16.0. The first kappa shape index (κ1) is 15.5. The molecule has 0 heterocycles. The molecule has 2 fully saturated rings. The predicted molar refractivity (Wildman–Crippen MR) is 95.2 cm³/mol. The lowest BCUT2D eigenvalue weighted by atomic mass is 9.77. The number of benzene rings is 1. The molecule has 2 nitrogen and oxygen atoms in total. The molecule has 1 aromatic carbocycles. The van der Waals surface area contributed by atoms with E-state index in [-0.39, 0.29) is 0 Å². The van der Waals surface area contributed by atoms with E-state index in [9.17, 15) is 5.11 Å². The Bertz CT molecular complexity index is 588. The second-order valence-electron chi connectivity index (χ2n) is 8.11. The third kappa shape index (κ3) is 2.41. The molecule has 126 valence electrons. The lowest BCUT2D eigenvalue weighted by molar-refractivity contribution is 0.269. The zero-order valence-electron chi connectivity index (χ0n) is 14.7. The number of hydrogen-bond acceptors (Lipinski definition) is 2. The average Bonchev–Trinajstić information content (AvgIpc) is 2.94. The topological polar surface area (TPSA) is 32.3 Å². The minimum Gasteiger partial charge on any atom is -0.507 e. The van der Waals surface area contributed by atoms with Crippen molar-refractivity contribution in [3.63, 3.8) is 0 Å². The van der Waals surface area contributed by atoms with Gasteiger partial charge in [-0.15, -0.1) is 0 Å². The van der Waals surface area contributed by atoms with E-state index in [1.165, 1.54) is 80.0 Å². The van der Waals surface area contributed by atoms with Crippen molar-refractivity contribution in [1.82, 2.24) is 5.32 Å². The van der Waals surface area contributed by atoms with Crippen molar-refractivity contribution >= 4 is 0 Å². The van der Waals surface area contributed by atoms with Crippen LogP contribution in [-0.2, 0) is 0 Å². The summed E-state index contributed by atoms with van der Waals surface area (Å²) in [5.41, 5.74) is 5.45. The van der Waals surface area contributed by atoms with E-state index in [0.29, 0.717) is 29.5 Å². The van der Waals surface area contributed by atoms with Crippen molar-refractivity contribution in [3.05, 3.63) is 28.3 Å². The average molecular weight is 313 g/mol. The molecular formula is C21H31NO. The molecule has 2 N–H and O–H groups in total. The van der Waals surface area contributed by atoms with Crippen LogP contribution >= 0.6 is 0 Å². The van der Waals surface area contributed by atoms with E-state index < -0.39 is 0 Å². The Hall–Kier alpha value is -1.02. The zero-order valence-corrected chi connectivity index (χ0v) is 14.7. The molecular weight excluding hydrogens is 282 g/mol. The smallest absolute Gasteiger partial charge is 0.124 e. The minimum absolute atomic E-state index is 0.359. The highest BCUT2D eigenvalue weighted by Gasteiger charge is 2.44. The van der Waals surface area contributed by atoms with Crippen LogP contribution in [0.25, 0.3) is 0 Å². The van der Waals surface area contributed by atoms with E-state index in [2.05, 4.69) is 25.4 Å². The molecule has 0 radical (unpaired) electrons. The second kappa shape index (κ2) is 6.12.